The fourth-order valence-electron chi connectivity index (χ4n) is 2.09. The number of rotatable bonds is 6. The zero-order valence-corrected chi connectivity index (χ0v) is 11.9. The molecule has 0 unspecified atom stereocenters. The van der Waals surface area contributed by atoms with Gasteiger partial charge in [-0.15, -0.1) is 0 Å². The molecule has 1 rings (SSSR count). The molecular weight excluding hydrogens is 230 g/mol. The van der Waals surface area contributed by atoms with Gasteiger partial charge in [0, 0.05) is 19.8 Å². The van der Waals surface area contributed by atoms with E-state index >= 15 is 0 Å². The first-order valence-corrected chi connectivity index (χ1v) is 6.09. The van der Waals surface area contributed by atoms with Crippen LogP contribution in [0.3, 0.4) is 0 Å². The number of hydrogen-bond acceptors (Lipinski definition) is 4. The van der Waals surface area contributed by atoms with E-state index in [1.54, 1.807) is 14.2 Å². The third-order valence-electron chi connectivity index (χ3n) is 3.16. The van der Waals surface area contributed by atoms with Crippen LogP contribution >= 0.6 is 0 Å². The van der Waals surface area contributed by atoms with Gasteiger partial charge in [-0.25, -0.2) is 0 Å². The van der Waals surface area contributed by atoms with Crippen LogP contribution in [-0.2, 0) is 15.3 Å². The summed E-state index contributed by atoms with van der Waals surface area (Å²) in [6.07, 6.45) is 0. The van der Waals surface area contributed by atoms with Gasteiger partial charge >= 0.3 is 0 Å². The molecule has 0 bridgehead atoms. The maximum atomic E-state index is 5.80. The molecule has 0 aliphatic rings. The lowest BCUT2D eigenvalue weighted by atomic mass is 9.97. The summed E-state index contributed by atoms with van der Waals surface area (Å²) in [7, 11) is 3.20. The Morgan fingerprint density at radius 1 is 1.11 bits per heavy atom. The minimum absolute atomic E-state index is 0.258. The average Bonchev–Trinajstić information content (AvgIpc) is 2.38. The molecule has 0 fully saturated rings. The summed E-state index contributed by atoms with van der Waals surface area (Å²) < 4.78 is 16.5. The fourth-order valence-corrected chi connectivity index (χ4v) is 2.09. The lowest BCUT2D eigenvalue weighted by Crippen LogP contribution is -2.39. The topological polar surface area (TPSA) is 53.7 Å². The Balaban J connectivity index is 3.29. The van der Waals surface area contributed by atoms with Crippen molar-refractivity contribution in [2.75, 3.05) is 27.4 Å². The van der Waals surface area contributed by atoms with Crippen LogP contribution in [0.15, 0.2) is 12.1 Å². The minimum atomic E-state index is -0.889. The van der Waals surface area contributed by atoms with Crippen molar-refractivity contribution < 1.29 is 14.2 Å². The van der Waals surface area contributed by atoms with Crippen LogP contribution in [0.1, 0.15) is 23.6 Å². The molecule has 0 atom stereocenters. The third kappa shape index (κ3) is 2.66. The minimum Gasteiger partial charge on any atom is -0.494 e. The van der Waals surface area contributed by atoms with Crippen molar-refractivity contribution in [3.63, 3.8) is 0 Å². The predicted molar refractivity (Wildman–Crippen MR) is 71.8 cm³/mol. The van der Waals surface area contributed by atoms with Gasteiger partial charge in [-0.05, 0) is 44.0 Å². The van der Waals surface area contributed by atoms with E-state index in [0.29, 0.717) is 6.61 Å². The van der Waals surface area contributed by atoms with Gasteiger partial charge in [-0.1, -0.05) is 0 Å². The molecule has 1 aromatic carbocycles. The molecule has 0 amide bonds. The molecule has 18 heavy (non-hydrogen) atoms. The van der Waals surface area contributed by atoms with Crippen molar-refractivity contribution in [3.8, 4) is 5.75 Å². The molecule has 2 N–H and O–H groups in total. The Bertz CT molecular complexity index is 392. The van der Waals surface area contributed by atoms with Crippen LogP contribution in [0.25, 0.3) is 0 Å². The van der Waals surface area contributed by atoms with E-state index in [9.17, 15) is 0 Å². The zero-order chi connectivity index (χ0) is 13.8. The molecule has 1 aromatic rings. The van der Waals surface area contributed by atoms with E-state index in [-0.39, 0.29) is 6.54 Å². The van der Waals surface area contributed by atoms with E-state index in [4.69, 9.17) is 19.9 Å². The summed E-state index contributed by atoms with van der Waals surface area (Å²) in [4.78, 5) is 0. The van der Waals surface area contributed by atoms with Gasteiger partial charge in [0.05, 0.1) is 13.2 Å². The molecular formula is C14H23NO3. The van der Waals surface area contributed by atoms with Crippen molar-refractivity contribution in [3.05, 3.63) is 28.8 Å². The first kappa shape index (κ1) is 15.0. The Kier molecular flexibility index (Phi) is 5.14. The summed E-state index contributed by atoms with van der Waals surface area (Å²) in [5.41, 5.74) is 8.82. The molecule has 0 radical (unpaired) electrons. The molecule has 0 aromatic heterocycles. The average molecular weight is 253 g/mol. The number of hydrogen-bond donors (Lipinski definition) is 1. The lowest BCUT2D eigenvalue weighted by molar-refractivity contribution is -0.208. The van der Waals surface area contributed by atoms with Gasteiger partial charge in [0.15, 0.2) is 0 Å². The monoisotopic (exact) mass is 253 g/mol. The first-order valence-electron chi connectivity index (χ1n) is 6.09. The quantitative estimate of drug-likeness (QED) is 0.789. The van der Waals surface area contributed by atoms with E-state index in [1.807, 2.05) is 32.9 Å². The molecule has 0 spiro atoms. The summed E-state index contributed by atoms with van der Waals surface area (Å²) in [5.74, 6) is -0.00330. The highest BCUT2D eigenvalue weighted by atomic mass is 16.7. The molecule has 0 saturated heterocycles. The molecule has 0 heterocycles. The van der Waals surface area contributed by atoms with Crippen LogP contribution in [0.2, 0.25) is 0 Å². The van der Waals surface area contributed by atoms with Gasteiger partial charge in [0.25, 0.3) is 0 Å². The standard InChI is InChI=1S/C14H23NO3/c1-6-18-13-8-10(2)12(7-11(13)3)14(9-15,16-4)17-5/h7-8H,6,9,15H2,1-5H3. The van der Waals surface area contributed by atoms with E-state index < -0.39 is 5.79 Å². The van der Waals surface area contributed by atoms with Crippen LogP contribution in [0.4, 0.5) is 0 Å². The van der Waals surface area contributed by atoms with Crippen LogP contribution in [0, 0.1) is 13.8 Å². The molecule has 0 aliphatic heterocycles. The number of benzene rings is 1. The smallest absolute Gasteiger partial charge is 0.207 e. The van der Waals surface area contributed by atoms with Crippen LogP contribution in [-0.4, -0.2) is 27.4 Å². The number of nitrogens with two attached hydrogens (primary N) is 1. The molecule has 4 heteroatoms. The first-order chi connectivity index (χ1) is 8.54. The summed E-state index contributed by atoms with van der Waals surface area (Å²) in [6, 6.07) is 4.01. The van der Waals surface area contributed by atoms with Gasteiger partial charge in [-0.2, -0.15) is 0 Å². The van der Waals surface area contributed by atoms with Crippen molar-refractivity contribution in [2.45, 2.75) is 26.6 Å². The van der Waals surface area contributed by atoms with E-state index in [2.05, 4.69) is 0 Å². The maximum Gasteiger partial charge on any atom is 0.207 e. The van der Waals surface area contributed by atoms with Crippen molar-refractivity contribution >= 4 is 0 Å². The molecule has 102 valence electrons. The lowest BCUT2D eigenvalue weighted by Gasteiger charge is -2.31. The highest BCUT2D eigenvalue weighted by molar-refractivity contribution is 5.43. The van der Waals surface area contributed by atoms with Crippen LogP contribution < -0.4 is 10.5 Å². The molecule has 0 saturated carbocycles. The Hall–Kier alpha value is -1.10. The van der Waals surface area contributed by atoms with Crippen molar-refractivity contribution in [1.29, 1.82) is 0 Å². The summed E-state index contributed by atoms with van der Waals surface area (Å²) in [5, 5.41) is 0. The number of ether oxygens (including phenoxy) is 3. The predicted octanol–water partition coefficient (Wildman–Crippen LogP) is 2.11. The largest absolute Gasteiger partial charge is 0.494 e. The highest BCUT2D eigenvalue weighted by Crippen LogP contribution is 2.32. The highest BCUT2D eigenvalue weighted by Gasteiger charge is 2.32. The van der Waals surface area contributed by atoms with Gasteiger partial charge in [0.1, 0.15) is 5.75 Å². The van der Waals surface area contributed by atoms with Gasteiger partial charge in [-0.3, -0.25) is 0 Å². The van der Waals surface area contributed by atoms with E-state index in [1.165, 1.54) is 0 Å². The summed E-state index contributed by atoms with van der Waals surface area (Å²) >= 11 is 0. The van der Waals surface area contributed by atoms with Gasteiger partial charge in [0.2, 0.25) is 5.79 Å². The fraction of sp³-hybridized carbons (Fsp3) is 0.571. The maximum absolute atomic E-state index is 5.80. The van der Waals surface area contributed by atoms with Gasteiger partial charge < -0.3 is 19.9 Å². The number of methoxy groups -OCH3 is 2. The second-order valence-electron chi connectivity index (χ2n) is 4.23. The Morgan fingerprint density at radius 2 is 1.72 bits per heavy atom. The second-order valence-corrected chi connectivity index (χ2v) is 4.23. The Morgan fingerprint density at radius 3 is 2.17 bits per heavy atom. The normalized spacial score (nSPS) is 11.7. The SMILES string of the molecule is CCOc1cc(C)c(C(CN)(OC)OC)cc1C. The second kappa shape index (κ2) is 6.18. The number of aryl methyl sites for hydroxylation is 2. The molecule has 4 nitrogen and oxygen atoms in total. The molecule has 0 aliphatic carbocycles. The Labute approximate surface area is 109 Å². The van der Waals surface area contributed by atoms with E-state index in [0.717, 1.165) is 22.4 Å². The zero-order valence-electron chi connectivity index (χ0n) is 11.9. The summed E-state index contributed by atoms with van der Waals surface area (Å²) in [6.45, 7) is 6.88. The van der Waals surface area contributed by atoms with Crippen molar-refractivity contribution in [2.24, 2.45) is 5.73 Å². The van der Waals surface area contributed by atoms with Crippen molar-refractivity contribution in [1.82, 2.24) is 0 Å². The third-order valence-corrected chi connectivity index (χ3v) is 3.16. The van der Waals surface area contributed by atoms with Crippen LogP contribution in [0.5, 0.6) is 5.75 Å².